The molecule has 1 saturated carbocycles. The summed E-state index contributed by atoms with van der Waals surface area (Å²) in [6, 6.07) is 0.701. The molecule has 0 aromatic rings. The van der Waals surface area contributed by atoms with Gasteiger partial charge in [-0.05, 0) is 19.1 Å². The zero-order chi connectivity index (χ0) is 5.11. The van der Waals surface area contributed by atoms with Gasteiger partial charge in [-0.1, -0.05) is 0 Å². The highest BCUT2D eigenvalue weighted by Gasteiger charge is 2.18. The predicted molar refractivity (Wildman–Crippen MR) is 35.0 cm³/mol. The Bertz CT molecular complexity index is 76.1. The molecule has 7 heavy (non-hydrogen) atoms. The molecule has 2 heteroatoms. The summed E-state index contributed by atoms with van der Waals surface area (Å²) in [7, 11) is 0. The third kappa shape index (κ3) is 1.97. The molecule has 0 N–H and O–H groups in total. The second-order valence-electron chi connectivity index (χ2n) is 1.72. The quantitative estimate of drug-likeness (QED) is 0.393. The van der Waals surface area contributed by atoms with Gasteiger partial charge in [0.05, 0.1) is 11.6 Å². The summed E-state index contributed by atoms with van der Waals surface area (Å²) < 4.78 is 0. The van der Waals surface area contributed by atoms with E-state index < -0.39 is 0 Å². The van der Waals surface area contributed by atoms with Crippen LogP contribution in [0, 0.1) is 0 Å². The topological polar surface area (TPSA) is 12.4 Å². The number of hydrogen-bond acceptors (Lipinski definition) is 2. The molecule has 0 saturated heterocycles. The van der Waals surface area contributed by atoms with Crippen LogP contribution in [0.25, 0.3) is 0 Å². The Kier molecular flexibility index (Phi) is 1.74. The van der Waals surface area contributed by atoms with Gasteiger partial charge in [-0.2, -0.15) is 0 Å². The van der Waals surface area contributed by atoms with Crippen LogP contribution >= 0.6 is 11.8 Å². The molecule has 40 valence electrons. The van der Waals surface area contributed by atoms with Gasteiger partial charge in [0, 0.05) is 0 Å². The third-order valence-corrected chi connectivity index (χ3v) is 1.26. The highest BCUT2D eigenvalue weighted by atomic mass is 32.2. The number of nitrogens with zero attached hydrogens (tertiary/aromatic N) is 1. The number of aliphatic imine (C=N–C) groups is 1. The van der Waals surface area contributed by atoms with Crippen molar-refractivity contribution in [3.8, 4) is 0 Å². The first-order valence-electron chi connectivity index (χ1n) is 2.48. The Balaban J connectivity index is 2.05. The van der Waals surface area contributed by atoms with E-state index in [-0.39, 0.29) is 0 Å². The van der Waals surface area contributed by atoms with Gasteiger partial charge in [-0.25, -0.2) is 0 Å². The van der Waals surface area contributed by atoms with Crippen LogP contribution in [-0.4, -0.2) is 17.8 Å². The van der Waals surface area contributed by atoms with Gasteiger partial charge in [-0.3, -0.25) is 4.99 Å². The van der Waals surface area contributed by atoms with E-state index in [1.807, 2.05) is 11.8 Å². The fraction of sp³-hybridized carbons (Fsp3) is 0.800. The van der Waals surface area contributed by atoms with Gasteiger partial charge in [0.15, 0.2) is 0 Å². The summed E-state index contributed by atoms with van der Waals surface area (Å²) >= 11 is 1.68. The van der Waals surface area contributed by atoms with Crippen molar-refractivity contribution in [2.45, 2.75) is 18.9 Å². The Hall–Kier alpha value is 0.0200. The zero-order valence-electron chi connectivity index (χ0n) is 4.42. The van der Waals surface area contributed by atoms with Crippen LogP contribution in [0.2, 0.25) is 0 Å². The van der Waals surface area contributed by atoms with E-state index in [0.717, 1.165) is 0 Å². The molecule has 1 aliphatic rings. The second-order valence-corrected chi connectivity index (χ2v) is 2.40. The van der Waals surface area contributed by atoms with Crippen molar-refractivity contribution >= 4 is 17.3 Å². The van der Waals surface area contributed by atoms with E-state index in [2.05, 4.69) is 4.99 Å². The summed E-state index contributed by atoms with van der Waals surface area (Å²) in [6.45, 7) is 0. The lowest BCUT2D eigenvalue weighted by atomic mass is 10.8. The minimum Gasteiger partial charge on any atom is -0.283 e. The van der Waals surface area contributed by atoms with Crippen molar-refractivity contribution in [1.29, 1.82) is 0 Å². The van der Waals surface area contributed by atoms with Gasteiger partial charge in [0.2, 0.25) is 0 Å². The van der Waals surface area contributed by atoms with Crippen molar-refractivity contribution in [2.24, 2.45) is 4.99 Å². The lowest BCUT2D eigenvalue weighted by molar-refractivity contribution is 1.08. The van der Waals surface area contributed by atoms with E-state index in [1.54, 1.807) is 11.8 Å². The van der Waals surface area contributed by atoms with E-state index in [0.29, 0.717) is 6.04 Å². The first-order valence-corrected chi connectivity index (χ1v) is 3.76. The molecule has 1 fully saturated rings. The summed E-state index contributed by atoms with van der Waals surface area (Å²) in [5.74, 6) is 0. The van der Waals surface area contributed by atoms with Crippen LogP contribution in [0.1, 0.15) is 12.8 Å². The highest BCUT2D eigenvalue weighted by molar-refractivity contribution is 8.11. The Labute approximate surface area is 48.2 Å². The zero-order valence-corrected chi connectivity index (χ0v) is 5.24. The summed E-state index contributed by atoms with van der Waals surface area (Å²) in [6.07, 6.45) is 4.67. The monoisotopic (exact) mass is 115 g/mol. The van der Waals surface area contributed by atoms with Crippen LogP contribution in [0.4, 0.5) is 0 Å². The van der Waals surface area contributed by atoms with Gasteiger partial charge in [0.25, 0.3) is 0 Å². The number of hydrogen-bond donors (Lipinski definition) is 0. The minimum absolute atomic E-state index is 0.701. The SMILES string of the molecule is CS/C=N\C1CC1. The molecule has 0 heterocycles. The Morgan fingerprint density at radius 3 is 2.86 bits per heavy atom. The molecule has 0 bridgehead atoms. The largest absolute Gasteiger partial charge is 0.283 e. The van der Waals surface area contributed by atoms with E-state index >= 15 is 0 Å². The van der Waals surface area contributed by atoms with Crippen molar-refractivity contribution < 1.29 is 0 Å². The Morgan fingerprint density at radius 2 is 2.43 bits per heavy atom. The molecule has 0 aromatic carbocycles. The summed E-state index contributed by atoms with van der Waals surface area (Å²) in [4.78, 5) is 4.19. The first kappa shape index (κ1) is 5.16. The van der Waals surface area contributed by atoms with Crippen LogP contribution < -0.4 is 0 Å². The molecular formula is C5H9NS. The fourth-order valence-electron chi connectivity index (χ4n) is 0.371. The predicted octanol–water partition coefficient (Wildman–Crippen LogP) is 1.54. The van der Waals surface area contributed by atoms with Gasteiger partial charge in [0.1, 0.15) is 0 Å². The van der Waals surface area contributed by atoms with E-state index in [9.17, 15) is 0 Å². The molecule has 0 radical (unpaired) electrons. The molecular weight excluding hydrogens is 106 g/mol. The lowest BCUT2D eigenvalue weighted by Crippen LogP contribution is -1.70. The molecule has 0 atom stereocenters. The average Bonchev–Trinajstić information content (AvgIpc) is 2.42. The molecule has 1 aliphatic carbocycles. The average molecular weight is 115 g/mol. The molecule has 0 aliphatic heterocycles. The van der Waals surface area contributed by atoms with Crippen LogP contribution in [0.3, 0.4) is 0 Å². The molecule has 0 spiro atoms. The van der Waals surface area contributed by atoms with Gasteiger partial charge in [-0.15, -0.1) is 11.8 Å². The number of thioether (sulfide) groups is 1. The standard InChI is InChI=1S/C5H9NS/c1-7-4-6-5-2-3-5/h4-5H,2-3H2,1H3/b6-4-. The summed E-state index contributed by atoms with van der Waals surface area (Å²) in [5, 5.41) is 0. The van der Waals surface area contributed by atoms with Crippen LogP contribution in [-0.2, 0) is 0 Å². The third-order valence-electron chi connectivity index (χ3n) is 0.924. The van der Waals surface area contributed by atoms with Gasteiger partial charge >= 0.3 is 0 Å². The van der Waals surface area contributed by atoms with Crippen LogP contribution in [0.5, 0.6) is 0 Å². The molecule has 1 nitrogen and oxygen atoms in total. The normalized spacial score (nSPS) is 21.3. The van der Waals surface area contributed by atoms with E-state index in [1.165, 1.54) is 12.8 Å². The maximum Gasteiger partial charge on any atom is 0.0541 e. The smallest absolute Gasteiger partial charge is 0.0541 e. The second kappa shape index (κ2) is 2.36. The van der Waals surface area contributed by atoms with Crippen molar-refractivity contribution in [3.05, 3.63) is 0 Å². The highest BCUT2D eigenvalue weighted by Crippen LogP contribution is 2.23. The first-order chi connectivity index (χ1) is 3.43. The lowest BCUT2D eigenvalue weighted by Gasteiger charge is -1.76. The molecule has 0 aromatic heterocycles. The fourth-order valence-corrected chi connectivity index (χ4v) is 0.664. The van der Waals surface area contributed by atoms with Crippen LogP contribution in [0.15, 0.2) is 4.99 Å². The maximum absolute atomic E-state index is 4.19. The molecule has 1 rings (SSSR count). The van der Waals surface area contributed by atoms with Crippen molar-refractivity contribution in [1.82, 2.24) is 0 Å². The van der Waals surface area contributed by atoms with Crippen molar-refractivity contribution in [3.63, 3.8) is 0 Å². The maximum atomic E-state index is 4.19. The van der Waals surface area contributed by atoms with Gasteiger partial charge < -0.3 is 0 Å². The Morgan fingerprint density at radius 1 is 1.71 bits per heavy atom. The number of rotatable bonds is 2. The van der Waals surface area contributed by atoms with Crippen molar-refractivity contribution in [2.75, 3.05) is 6.26 Å². The van der Waals surface area contributed by atoms with E-state index in [4.69, 9.17) is 0 Å². The summed E-state index contributed by atoms with van der Waals surface area (Å²) in [5.41, 5.74) is 1.93. The molecule has 0 amide bonds. The minimum atomic E-state index is 0.701. The molecule has 0 unspecified atom stereocenters.